The molecule has 4 nitrogen and oxygen atoms in total. The quantitative estimate of drug-likeness (QED) is 0.251. The molecule has 23 heavy (non-hydrogen) atoms. The summed E-state index contributed by atoms with van der Waals surface area (Å²) in [5.41, 5.74) is 0. The van der Waals surface area contributed by atoms with Crippen LogP contribution >= 0.6 is 0 Å². The Kier molecular flexibility index (Phi) is 13.9. The maximum Gasteiger partial charge on any atom is 0.358 e. The van der Waals surface area contributed by atoms with Crippen LogP contribution in [-0.2, 0) is 19.4 Å². The van der Waals surface area contributed by atoms with E-state index in [0.717, 1.165) is 57.8 Å². The van der Waals surface area contributed by atoms with E-state index in [2.05, 4.69) is 25.7 Å². The van der Waals surface area contributed by atoms with Crippen molar-refractivity contribution in [3.8, 4) is 0 Å². The van der Waals surface area contributed by atoms with Gasteiger partial charge in [0.05, 0.1) is 12.3 Å². The van der Waals surface area contributed by atoms with Gasteiger partial charge in [0.25, 0.3) is 0 Å². The zero-order valence-corrected chi connectivity index (χ0v) is 15.6. The molecule has 0 aliphatic rings. The van der Waals surface area contributed by atoms with Gasteiger partial charge in [-0.3, -0.25) is 0 Å². The molecule has 136 valence electrons. The molecule has 0 aromatic rings. The summed E-state index contributed by atoms with van der Waals surface area (Å²) < 4.78 is 0. The van der Waals surface area contributed by atoms with E-state index in [-0.39, 0.29) is 5.92 Å². The van der Waals surface area contributed by atoms with Gasteiger partial charge in [-0.05, 0) is 25.2 Å². The van der Waals surface area contributed by atoms with Gasteiger partial charge < -0.3 is 0 Å². The van der Waals surface area contributed by atoms with E-state index in [1.807, 2.05) is 6.92 Å². The van der Waals surface area contributed by atoms with Crippen LogP contribution in [0.15, 0.2) is 0 Å². The van der Waals surface area contributed by atoms with Crippen LogP contribution in [0.3, 0.4) is 0 Å². The summed E-state index contributed by atoms with van der Waals surface area (Å²) in [6, 6.07) is 0. The standard InChI is InChI=1S/C19H36O4/c1-5-7-9-14-17(12-6-2)19(21)23-22-18(20)15-11-8-10-13-16(3)4/h16-17H,5-15H2,1-4H3. The van der Waals surface area contributed by atoms with Crippen molar-refractivity contribution >= 4 is 11.9 Å². The average Bonchev–Trinajstić information content (AvgIpc) is 2.51. The molecule has 0 N–H and O–H groups in total. The second kappa shape index (κ2) is 14.5. The van der Waals surface area contributed by atoms with E-state index in [0.29, 0.717) is 12.3 Å². The van der Waals surface area contributed by atoms with Crippen LogP contribution in [-0.4, -0.2) is 11.9 Å². The molecule has 4 heteroatoms. The third-order valence-corrected chi connectivity index (χ3v) is 4.01. The second-order valence-electron chi connectivity index (χ2n) is 6.83. The maximum absolute atomic E-state index is 12.0. The van der Waals surface area contributed by atoms with Gasteiger partial charge in [0.15, 0.2) is 0 Å². The zero-order valence-electron chi connectivity index (χ0n) is 15.6. The second-order valence-corrected chi connectivity index (χ2v) is 6.83. The van der Waals surface area contributed by atoms with E-state index in [9.17, 15) is 9.59 Å². The highest BCUT2D eigenvalue weighted by molar-refractivity contribution is 5.74. The van der Waals surface area contributed by atoms with Crippen molar-refractivity contribution in [2.75, 3.05) is 0 Å². The largest absolute Gasteiger partial charge is 0.358 e. The van der Waals surface area contributed by atoms with Gasteiger partial charge in [0, 0.05) is 0 Å². The van der Waals surface area contributed by atoms with Crippen LogP contribution in [0, 0.1) is 11.8 Å². The van der Waals surface area contributed by atoms with E-state index in [1.54, 1.807) is 0 Å². The minimum atomic E-state index is -0.438. The van der Waals surface area contributed by atoms with Gasteiger partial charge in [0.1, 0.15) is 0 Å². The number of unbranched alkanes of at least 4 members (excludes halogenated alkanes) is 4. The molecule has 1 unspecified atom stereocenters. The Morgan fingerprint density at radius 1 is 0.783 bits per heavy atom. The topological polar surface area (TPSA) is 52.6 Å². The number of carbonyl (C=O) groups is 2. The number of hydrogen-bond acceptors (Lipinski definition) is 4. The first-order valence-electron chi connectivity index (χ1n) is 9.42. The summed E-state index contributed by atoms with van der Waals surface area (Å²) in [6.07, 6.45) is 10.2. The van der Waals surface area contributed by atoms with Gasteiger partial charge in [-0.25, -0.2) is 19.4 Å². The molecule has 0 saturated carbocycles. The maximum atomic E-state index is 12.0. The van der Waals surface area contributed by atoms with E-state index in [4.69, 9.17) is 4.89 Å². The molecule has 0 aliphatic heterocycles. The Balaban J connectivity index is 3.87. The Morgan fingerprint density at radius 3 is 2.09 bits per heavy atom. The molecule has 0 rings (SSSR count). The molecule has 0 amide bonds. The van der Waals surface area contributed by atoms with Crippen molar-refractivity contribution in [3.63, 3.8) is 0 Å². The summed E-state index contributed by atoms with van der Waals surface area (Å²) in [7, 11) is 0. The van der Waals surface area contributed by atoms with Gasteiger partial charge >= 0.3 is 11.9 Å². The van der Waals surface area contributed by atoms with E-state index < -0.39 is 11.9 Å². The van der Waals surface area contributed by atoms with Crippen molar-refractivity contribution in [2.45, 2.75) is 98.3 Å². The monoisotopic (exact) mass is 328 g/mol. The fourth-order valence-electron chi connectivity index (χ4n) is 2.57. The Labute approximate surface area is 142 Å². The average molecular weight is 328 g/mol. The first-order valence-corrected chi connectivity index (χ1v) is 9.42. The molecule has 0 bridgehead atoms. The fourth-order valence-corrected chi connectivity index (χ4v) is 2.57. The molecule has 1 atom stereocenters. The lowest BCUT2D eigenvalue weighted by Crippen LogP contribution is -2.20. The van der Waals surface area contributed by atoms with Crippen LogP contribution in [0.2, 0.25) is 0 Å². The Bertz CT molecular complexity index is 312. The first kappa shape index (κ1) is 21.9. The zero-order chi connectivity index (χ0) is 17.5. The normalized spacial score (nSPS) is 12.2. The molecule has 0 fully saturated rings. The summed E-state index contributed by atoms with van der Waals surface area (Å²) in [5.74, 6) is -0.278. The molecule has 0 aromatic heterocycles. The highest BCUT2D eigenvalue weighted by Crippen LogP contribution is 2.18. The van der Waals surface area contributed by atoms with Crippen LogP contribution in [0.5, 0.6) is 0 Å². The Morgan fingerprint density at radius 2 is 1.48 bits per heavy atom. The van der Waals surface area contributed by atoms with Crippen molar-refractivity contribution in [1.29, 1.82) is 0 Å². The molecule has 0 radical (unpaired) electrons. The van der Waals surface area contributed by atoms with Crippen molar-refractivity contribution in [1.82, 2.24) is 0 Å². The minimum absolute atomic E-state index is 0.148. The minimum Gasteiger partial charge on any atom is -0.247 e. The molecule has 0 saturated heterocycles. The van der Waals surface area contributed by atoms with Crippen LogP contribution < -0.4 is 0 Å². The number of carbonyl (C=O) groups excluding carboxylic acids is 2. The summed E-state index contributed by atoms with van der Waals surface area (Å²) in [4.78, 5) is 33.0. The summed E-state index contributed by atoms with van der Waals surface area (Å²) >= 11 is 0. The summed E-state index contributed by atoms with van der Waals surface area (Å²) in [6.45, 7) is 8.57. The molecule has 0 spiro atoms. The lowest BCUT2D eigenvalue weighted by molar-refractivity contribution is -0.262. The van der Waals surface area contributed by atoms with Crippen LogP contribution in [0.25, 0.3) is 0 Å². The highest BCUT2D eigenvalue weighted by Gasteiger charge is 2.21. The third kappa shape index (κ3) is 13.1. The van der Waals surface area contributed by atoms with Crippen LogP contribution in [0.1, 0.15) is 98.3 Å². The fraction of sp³-hybridized carbons (Fsp3) is 0.895. The van der Waals surface area contributed by atoms with E-state index in [1.165, 1.54) is 6.42 Å². The smallest absolute Gasteiger partial charge is 0.247 e. The highest BCUT2D eigenvalue weighted by atomic mass is 17.2. The van der Waals surface area contributed by atoms with Crippen molar-refractivity contribution < 1.29 is 19.4 Å². The number of rotatable bonds is 13. The number of hydrogen-bond donors (Lipinski definition) is 0. The van der Waals surface area contributed by atoms with E-state index >= 15 is 0 Å². The predicted molar refractivity (Wildman–Crippen MR) is 92.6 cm³/mol. The van der Waals surface area contributed by atoms with Gasteiger partial charge in [0.2, 0.25) is 0 Å². The molecular formula is C19H36O4. The van der Waals surface area contributed by atoms with Gasteiger partial charge in [-0.2, -0.15) is 0 Å². The first-order chi connectivity index (χ1) is 11.0. The molecular weight excluding hydrogens is 292 g/mol. The Hall–Kier alpha value is -1.06. The third-order valence-electron chi connectivity index (χ3n) is 4.01. The lowest BCUT2D eigenvalue weighted by Gasteiger charge is -2.13. The molecule has 0 heterocycles. The van der Waals surface area contributed by atoms with Crippen molar-refractivity contribution in [2.24, 2.45) is 11.8 Å². The predicted octanol–water partition coefficient (Wildman–Crippen LogP) is 5.59. The van der Waals surface area contributed by atoms with Gasteiger partial charge in [-0.1, -0.05) is 72.6 Å². The van der Waals surface area contributed by atoms with Gasteiger partial charge in [-0.15, -0.1) is 0 Å². The van der Waals surface area contributed by atoms with Crippen LogP contribution in [0.4, 0.5) is 0 Å². The summed E-state index contributed by atoms with van der Waals surface area (Å²) in [5, 5.41) is 0. The SMILES string of the molecule is CCCCCC(CCC)C(=O)OOC(=O)CCCCCC(C)C. The van der Waals surface area contributed by atoms with Crippen molar-refractivity contribution in [3.05, 3.63) is 0 Å². The molecule has 0 aliphatic carbocycles. The lowest BCUT2D eigenvalue weighted by atomic mass is 9.97. The molecule has 0 aromatic carbocycles.